The lowest BCUT2D eigenvalue weighted by Crippen LogP contribution is -1.94. The molecule has 10 heavy (non-hydrogen) atoms. The molecule has 0 unspecified atom stereocenters. The Morgan fingerprint density at radius 2 is 2.00 bits per heavy atom. The number of Topliss-reactive ketones (excluding diaryl/α,β-unsaturated/α-hetero) is 1. The first kappa shape index (κ1) is 9.01. The summed E-state index contributed by atoms with van der Waals surface area (Å²) in [6, 6.07) is 0. The number of rotatable bonds is 3. The zero-order chi connectivity index (χ0) is 8.15. The van der Waals surface area contributed by atoms with Gasteiger partial charge in [0, 0.05) is 6.92 Å². The van der Waals surface area contributed by atoms with Gasteiger partial charge in [0.15, 0.2) is 5.78 Å². The molecule has 0 bridgehead atoms. The molecule has 0 radical (unpaired) electrons. The van der Waals surface area contributed by atoms with Crippen molar-refractivity contribution in [3.63, 3.8) is 0 Å². The van der Waals surface area contributed by atoms with Gasteiger partial charge in [-0.15, -0.1) is 4.91 Å². The van der Waals surface area contributed by atoms with Gasteiger partial charge < -0.3 is 0 Å². The fraction of sp³-hybridized carbons (Fsp3) is 0.571. The maximum atomic E-state index is 10.5. The molecule has 0 aliphatic rings. The van der Waals surface area contributed by atoms with Crippen LogP contribution in [0.2, 0.25) is 0 Å². The summed E-state index contributed by atoms with van der Waals surface area (Å²) < 4.78 is 0. The average molecular weight is 141 g/mol. The monoisotopic (exact) mass is 141 g/mol. The summed E-state index contributed by atoms with van der Waals surface area (Å²) in [5.74, 6) is -0.0831. The Labute approximate surface area is 60.1 Å². The van der Waals surface area contributed by atoms with Crippen LogP contribution in [0.3, 0.4) is 0 Å². The van der Waals surface area contributed by atoms with Crippen LogP contribution in [0.1, 0.15) is 20.8 Å². The van der Waals surface area contributed by atoms with Crippen LogP contribution in [0.4, 0.5) is 0 Å². The molecule has 0 amide bonds. The van der Waals surface area contributed by atoms with Gasteiger partial charge in [-0.05, 0) is 17.2 Å². The summed E-state index contributed by atoms with van der Waals surface area (Å²) in [6.45, 7) is 5.10. The molecule has 0 atom stereocenters. The van der Waals surface area contributed by atoms with Gasteiger partial charge in [0.2, 0.25) is 0 Å². The van der Waals surface area contributed by atoms with Crippen molar-refractivity contribution in [1.29, 1.82) is 0 Å². The normalized spacial score (nSPS) is 11.8. The summed E-state index contributed by atoms with van der Waals surface area (Å²) >= 11 is 0. The Kier molecular flexibility index (Phi) is 3.54. The third-order valence-electron chi connectivity index (χ3n) is 0.950. The number of ketones is 1. The average Bonchev–Trinajstić information content (AvgIpc) is 1.81. The molecule has 3 nitrogen and oxygen atoms in total. The summed E-state index contributed by atoms with van der Waals surface area (Å²) in [5, 5.41) is 2.59. The van der Waals surface area contributed by atoms with E-state index in [1.165, 1.54) is 6.92 Å². The third kappa shape index (κ3) is 3.12. The summed E-state index contributed by atoms with van der Waals surface area (Å²) in [4.78, 5) is 20.5. The van der Waals surface area contributed by atoms with Crippen LogP contribution >= 0.6 is 0 Å². The van der Waals surface area contributed by atoms with Crippen LogP contribution in [0.15, 0.2) is 16.9 Å². The van der Waals surface area contributed by atoms with E-state index in [0.717, 1.165) is 0 Å². The Morgan fingerprint density at radius 1 is 1.50 bits per heavy atom. The molecule has 3 heteroatoms. The third-order valence-corrected chi connectivity index (χ3v) is 0.950. The van der Waals surface area contributed by atoms with Crippen molar-refractivity contribution >= 4 is 5.78 Å². The maximum Gasteiger partial charge on any atom is 0.181 e. The molecule has 0 heterocycles. The van der Waals surface area contributed by atoms with E-state index in [9.17, 15) is 9.70 Å². The maximum absolute atomic E-state index is 10.5. The van der Waals surface area contributed by atoms with Gasteiger partial charge in [-0.1, -0.05) is 13.8 Å². The van der Waals surface area contributed by atoms with Gasteiger partial charge in [0.25, 0.3) is 0 Å². The highest BCUT2D eigenvalue weighted by atomic mass is 16.3. The zero-order valence-electron chi connectivity index (χ0n) is 6.42. The lowest BCUT2D eigenvalue weighted by Gasteiger charge is -1.94. The topological polar surface area (TPSA) is 46.5 Å². The van der Waals surface area contributed by atoms with Crippen molar-refractivity contribution in [3.8, 4) is 0 Å². The molecule has 0 aliphatic carbocycles. The highest BCUT2D eigenvalue weighted by Gasteiger charge is 2.02. The fourth-order valence-corrected chi connectivity index (χ4v) is 0.528. The van der Waals surface area contributed by atoms with E-state index in [2.05, 4.69) is 5.18 Å². The zero-order valence-corrected chi connectivity index (χ0v) is 6.42. The predicted molar refractivity (Wildman–Crippen MR) is 39.4 cm³/mol. The van der Waals surface area contributed by atoms with Crippen molar-refractivity contribution in [2.75, 3.05) is 0 Å². The molecule has 0 aromatic rings. The second-order valence-electron chi connectivity index (χ2n) is 2.44. The quantitative estimate of drug-likeness (QED) is 0.445. The first-order valence-electron chi connectivity index (χ1n) is 3.14. The highest BCUT2D eigenvalue weighted by molar-refractivity contribution is 5.92. The van der Waals surface area contributed by atoms with Gasteiger partial charge >= 0.3 is 0 Å². The molecule has 0 aromatic heterocycles. The molecule has 0 fully saturated rings. The van der Waals surface area contributed by atoms with E-state index < -0.39 is 0 Å². The Hall–Kier alpha value is -0.990. The predicted octanol–water partition coefficient (Wildman–Crippen LogP) is 1.88. The van der Waals surface area contributed by atoms with Crippen molar-refractivity contribution in [2.45, 2.75) is 20.8 Å². The van der Waals surface area contributed by atoms with Crippen molar-refractivity contribution in [1.82, 2.24) is 0 Å². The van der Waals surface area contributed by atoms with E-state index in [1.807, 2.05) is 13.8 Å². The second kappa shape index (κ2) is 3.93. The van der Waals surface area contributed by atoms with Crippen LogP contribution in [-0.4, -0.2) is 5.78 Å². The second-order valence-corrected chi connectivity index (χ2v) is 2.44. The van der Waals surface area contributed by atoms with Gasteiger partial charge in [-0.25, -0.2) is 0 Å². The van der Waals surface area contributed by atoms with Crippen LogP contribution in [0.25, 0.3) is 0 Å². The van der Waals surface area contributed by atoms with Gasteiger partial charge in [0.05, 0.1) is 0 Å². The Bertz CT molecular complexity index is 170. The van der Waals surface area contributed by atoms with E-state index >= 15 is 0 Å². The number of carbonyl (C=O) groups is 1. The first-order chi connectivity index (χ1) is 4.57. The summed E-state index contributed by atoms with van der Waals surface area (Å²) in [5.41, 5.74) is 0.0231. The number of hydrogen-bond acceptors (Lipinski definition) is 3. The number of nitrogens with zero attached hydrogens (tertiary/aromatic N) is 1. The SMILES string of the molecule is CC(=O)C(=CC(C)C)N=O. The van der Waals surface area contributed by atoms with Crippen LogP contribution in [-0.2, 0) is 4.79 Å². The minimum atomic E-state index is -0.274. The van der Waals surface area contributed by atoms with E-state index in [1.54, 1.807) is 6.08 Å². The number of nitroso groups, excluding NO2 is 1. The van der Waals surface area contributed by atoms with Crippen LogP contribution in [0, 0.1) is 10.8 Å². The molecule has 0 saturated carbocycles. The molecule has 0 aliphatic heterocycles. The highest BCUT2D eigenvalue weighted by Crippen LogP contribution is 2.03. The molecule has 0 aromatic carbocycles. The van der Waals surface area contributed by atoms with E-state index in [0.29, 0.717) is 0 Å². The molecule has 0 N–H and O–H groups in total. The number of hydrogen-bond donors (Lipinski definition) is 0. The fourth-order valence-electron chi connectivity index (χ4n) is 0.528. The molecular formula is C7H11NO2. The van der Waals surface area contributed by atoms with Crippen LogP contribution in [0.5, 0.6) is 0 Å². The van der Waals surface area contributed by atoms with Gasteiger partial charge in [0.1, 0.15) is 5.70 Å². The summed E-state index contributed by atoms with van der Waals surface area (Å²) in [7, 11) is 0. The van der Waals surface area contributed by atoms with Gasteiger partial charge in [-0.3, -0.25) is 4.79 Å². The van der Waals surface area contributed by atoms with Crippen molar-refractivity contribution in [2.24, 2.45) is 11.1 Å². The molecular weight excluding hydrogens is 130 g/mol. The van der Waals surface area contributed by atoms with Crippen molar-refractivity contribution < 1.29 is 4.79 Å². The molecule has 0 rings (SSSR count). The van der Waals surface area contributed by atoms with Gasteiger partial charge in [-0.2, -0.15) is 0 Å². The minimum absolute atomic E-state index is 0.0231. The smallest absolute Gasteiger partial charge is 0.181 e. The lowest BCUT2D eigenvalue weighted by molar-refractivity contribution is -0.113. The number of allylic oxidation sites excluding steroid dienone is 2. The van der Waals surface area contributed by atoms with Crippen molar-refractivity contribution in [3.05, 3.63) is 16.7 Å². The first-order valence-corrected chi connectivity index (χ1v) is 3.14. The van der Waals surface area contributed by atoms with Crippen LogP contribution < -0.4 is 0 Å². The number of carbonyl (C=O) groups excluding carboxylic acids is 1. The lowest BCUT2D eigenvalue weighted by atomic mass is 10.1. The van der Waals surface area contributed by atoms with E-state index in [-0.39, 0.29) is 17.4 Å². The minimum Gasteiger partial charge on any atom is -0.293 e. The molecule has 0 saturated heterocycles. The Balaban J connectivity index is 4.33. The Morgan fingerprint density at radius 3 is 2.10 bits per heavy atom. The largest absolute Gasteiger partial charge is 0.293 e. The summed E-state index contributed by atoms with van der Waals surface area (Å²) in [6.07, 6.45) is 1.55. The molecule has 0 spiro atoms. The molecule has 56 valence electrons. The standard InChI is InChI=1S/C7H11NO2/c1-5(2)4-7(8-10)6(3)9/h4-5H,1-3H3. The van der Waals surface area contributed by atoms with E-state index in [4.69, 9.17) is 0 Å².